The molecule has 0 bridgehead atoms. The fourth-order valence-corrected chi connectivity index (χ4v) is 4.51. The molecule has 3 aliphatic rings. The number of benzene rings is 1. The summed E-state index contributed by atoms with van der Waals surface area (Å²) in [6.45, 7) is 0.473. The second-order valence-corrected chi connectivity index (χ2v) is 7.74. The lowest BCUT2D eigenvalue weighted by molar-refractivity contribution is -0.159. The van der Waals surface area contributed by atoms with Crippen LogP contribution in [-0.2, 0) is 9.53 Å². The highest BCUT2D eigenvalue weighted by molar-refractivity contribution is 5.85. The summed E-state index contributed by atoms with van der Waals surface area (Å²) in [4.78, 5) is 16.1. The van der Waals surface area contributed by atoms with E-state index in [9.17, 15) is 4.79 Å². The smallest absolute Gasteiger partial charge is 0.308 e. The van der Waals surface area contributed by atoms with Crippen molar-refractivity contribution in [1.82, 2.24) is 5.32 Å². The maximum absolute atomic E-state index is 11.5. The maximum Gasteiger partial charge on any atom is 0.308 e. The van der Waals surface area contributed by atoms with Crippen LogP contribution in [0.1, 0.15) is 25.7 Å². The summed E-state index contributed by atoms with van der Waals surface area (Å²) in [6.07, 6.45) is 8.13. The molecule has 1 aromatic carbocycles. The number of nitrogens with two attached hydrogens (primary N) is 1. The van der Waals surface area contributed by atoms with Gasteiger partial charge in [0, 0.05) is 18.8 Å². The summed E-state index contributed by atoms with van der Waals surface area (Å²) in [5.74, 6) is 0.0547. The molecule has 2 fully saturated rings. The fraction of sp³-hybridized carbons (Fsp3) is 0.500. The van der Waals surface area contributed by atoms with Gasteiger partial charge < -0.3 is 21.1 Å². The first-order valence-corrected chi connectivity index (χ1v) is 9.25. The van der Waals surface area contributed by atoms with Gasteiger partial charge in [0.05, 0.1) is 30.4 Å². The van der Waals surface area contributed by atoms with E-state index in [4.69, 9.17) is 10.5 Å². The number of para-hydroxylation sites is 2. The summed E-state index contributed by atoms with van der Waals surface area (Å²) < 4.78 is 4.83. The minimum Gasteiger partial charge on any atom is -0.469 e. The van der Waals surface area contributed by atoms with E-state index < -0.39 is 0 Å². The average Bonchev–Trinajstić information content (AvgIpc) is 2.61. The van der Waals surface area contributed by atoms with Crippen LogP contribution in [-0.4, -0.2) is 37.9 Å². The monoisotopic (exact) mass is 354 g/mol. The van der Waals surface area contributed by atoms with Gasteiger partial charge in [-0.3, -0.25) is 9.79 Å². The number of methoxy groups -OCH3 is 1. The van der Waals surface area contributed by atoms with Crippen molar-refractivity contribution in [2.45, 2.75) is 37.8 Å². The summed E-state index contributed by atoms with van der Waals surface area (Å²) in [5.41, 5.74) is 9.40. The van der Waals surface area contributed by atoms with Crippen LogP contribution in [0.5, 0.6) is 0 Å². The molecule has 6 heteroatoms. The van der Waals surface area contributed by atoms with Crippen LogP contribution in [0.4, 0.5) is 11.4 Å². The highest BCUT2D eigenvalue weighted by Gasteiger charge is 2.55. The summed E-state index contributed by atoms with van der Waals surface area (Å²) in [5, 5.41) is 7.00. The van der Waals surface area contributed by atoms with Crippen molar-refractivity contribution in [2.24, 2.45) is 22.1 Å². The summed E-state index contributed by atoms with van der Waals surface area (Å²) >= 11 is 0. The number of carbonyl (C=O) groups is 1. The Morgan fingerprint density at radius 2 is 2.15 bits per heavy atom. The second kappa shape index (κ2) is 6.76. The van der Waals surface area contributed by atoms with E-state index in [1.165, 1.54) is 7.11 Å². The minimum absolute atomic E-state index is 0.0174. The van der Waals surface area contributed by atoms with Gasteiger partial charge in [-0.1, -0.05) is 12.1 Å². The third-order valence-corrected chi connectivity index (χ3v) is 5.97. The van der Waals surface area contributed by atoms with Crippen LogP contribution in [0.25, 0.3) is 0 Å². The van der Waals surface area contributed by atoms with Crippen molar-refractivity contribution < 1.29 is 9.53 Å². The summed E-state index contributed by atoms with van der Waals surface area (Å²) in [7, 11) is 1.47. The highest BCUT2D eigenvalue weighted by atomic mass is 16.5. The molecular formula is C20H26N4O2. The van der Waals surface area contributed by atoms with Crippen molar-refractivity contribution in [3.63, 3.8) is 0 Å². The zero-order valence-corrected chi connectivity index (χ0v) is 15.1. The first kappa shape index (κ1) is 17.1. The first-order valence-electron chi connectivity index (χ1n) is 9.25. The molecule has 0 amide bonds. The van der Waals surface area contributed by atoms with E-state index in [2.05, 4.69) is 15.6 Å². The van der Waals surface area contributed by atoms with E-state index in [0.717, 1.165) is 42.6 Å². The Morgan fingerprint density at radius 1 is 1.38 bits per heavy atom. The topological polar surface area (TPSA) is 88.7 Å². The van der Waals surface area contributed by atoms with Crippen LogP contribution in [0, 0.1) is 11.3 Å². The van der Waals surface area contributed by atoms with Gasteiger partial charge >= 0.3 is 5.97 Å². The van der Waals surface area contributed by atoms with E-state index >= 15 is 0 Å². The fourth-order valence-electron chi connectivity index (χ4n) is 4.51. The molecule has 1 spiro atoms. The van der Waals surface area contributed by atoms with E-state index in [1.807, 2.05) is 36.7 Å². The van der Waals surface area contributed by atoms with Crippen LogP contribution in [0.2, 0.25) is 0 Å². The molecule has 138 valence electrons. The van der Waals surface area contributed by atoms with Crippen molar-refractivity contribution in [2.75, 3.05) is 19.0 Å². The first-order chi connectivity index (χ1) is 12.6. The van der Waals surface area contributed by atoms with Gasteiger partial charge in [0.1, 0.15) is 0 Å². The SMILES string of the molecule is COC(=O)C1CC2(CC(N/C=C(\CN)C3C=Nc4ccccc4N3)C2)C1. The number of fused-ring (bicyclic) bond motifs is 1. The normalized spacial score (nSPS) is 32.1. The third-order valence-electron chi connectivity index (χ3n) is 5.97. The van der Waals surface area contributed by atoms with Gasteiger partial charge in [-0.05, 0) is 55.0 Å². The van der Waals surface area contributed by atoms with Gasteiger partial charge in [0.15, 0.2) is 0 Å². The van der Waals surface area contributed by atoms with E-state index in [0.29, 0.717) is 18.0 Å². The molecule has 1 unspecified atom stereocenters. The predicted molar refractivity (Wildman–Crippen MR) is 102 cm³/mol. The summed E-state index contributed by atoms with van der Waals surface area (Å²) in [6, 6.07) is 8.49. The molecule has 1 aromatic rings. The molecule has 26 heavy (non-hydrogen) atoms. The van der Waals surface area contributed by atoms with Gasteiger partial charge in [0.25, 0.3) is 0 Å². The number of hydrogen-bond acceptors (Lipinski definition) is 6. The highest BCUT2D eigenvalue weighted by Crippen LogP contribution is 2.58. The molecule has 2 saturated carbocycles. The van der Waals surface area contributed by atoms with Gasteiger partial charge in [-0.15, -0.1) is 0 Å². The molecule has 1 atom stereocenters. The lowest BCUT2D eigenvalue weighted by atomic mass is 9.50. The quantitative estimate of drug-likeness (QED) is 0.707. The lowest BCUT2D eigenvalue weighted by Crippen LogP contribution is -2.55. The lowest BCUT2D eigenvalue weighted by Gasteiger charge is -2.57. The Kier molecular flexibility index (Phi) is 4.44. The van der Waals surface area contributed by atoms with E-state index in [-0.39, 0.29) is 17.9 Å². The molecule has 0 aromatic heterocycles. The van der Waals surface area contributed by atoms with Crippen molar-refractivity contribution >= 4 is 23.6 Å². The number of carbonyl (C=O) groups excluding carboxylic acids is 1. The number of rotatable bonds is 5. The Hall–Kier alpha value is -2.34. The largest absolute Gasteiger partial charge is 0.469 e. The van der Waals surface area contributed by atoms with Gasteiger partial charge in [-0.2, -0.15) is 0 Å². The second-order valence-electron chi connectivity index (χ2n) is 7.74. The van der Waals surface area contributed by atoms with Crippen molar-refractivity contribution in [3.8, 4) is 0 Å². The molecular weight excluding hydrogens is 328 g/mol. The van der Waals surface area contributed by atoms with Crippen LogP contribution >= 0.6 is 0 Å². The van der Waals surface area contributed by atoms with Crippen molar-refractivity contribution in [1.29, 1.82) is 0 Å². The molecule has 4 rings (SSSR count). The third kappa shape index (κ3) is 3.09. The number of ether oxygens (including phenoxy) is 1. The maximum atomic E-state index is 11.5. The van der Waals surface area contributed by atoms with Crippen LogP contribution < -0.4 is 16.4 Å². The standard InChI is InChI=1S/C20H26N4O2/c1-26-19(25)13-6-20(7-13)8-15(9-20)22-11-14(10-21)18-12-23-16-4-2-3-5-17(16)24-18/h2-5,11-13,15,18,22,24H,6-10,21H2,1H3/b14-11+. The van der Waals surface area contributed by atoms with Crippen molar-refractivity contribution in [3.05, 3.63) is 36.0 Å². The number of aliphatic imine (C=N–C) groups is 1. The van der Waals surface area contributed by atoms with Gasteiger partial charge in [0.2, 0.25) is 0 Å². The molecule has 0 radical (unpaired) electrons. The van der Waals surface area contributed by atoms with Crippen LogP contribution in [0.3, 0.4) is 0 Å². The zero-order valence-electron chi connectivity index (χ0n) is 15.1. The zero-order chi connectivity index (χ0) is 18.1. The van der Waals surface area contributed by atoms with Crippen LogP contribution in [0.15, 0.2) is 41.0 Å². The Balaban J connectivity index is 1.30. The number of nitrogens with zero attached hydrogens (tertiary/aromatic N) is 1. The molecule has 6 nitrogen and oxygen atoms in total. The molecule has 2 aliphatic carbocycles. The van der Waals surface area contributed by atoms with Gasteiger partial charge in [-0.25, -0.2) is 0 Å². The van der Waals surface area contributed by atoms with E-state index in [1.54, 1.807) is 0 Å². The average molecular weight is 354 g/mol. The number of esters is 1. The minimum atomic E-state index is -0.0553. The predicted octanol–water partition coefficient (Wildman–Crippen LogP) is 2.35. The number of anilines is 1. The Labute approximate surface area is 153 Å². The number of nitrogens with one attached hydrogen (secondary N) is 2. The molecule has 4 N–H and O–H groups in total. The molecule has 0 saturated heterocycles. The number of hydrogen-bond donors (Lipinski definition) is 3. The Morgan fingerprint density at radius 3 is 2.88 bits per heavy atom. The molecule has 1 aliphatic heterocycles. The Bertz CT molecular complexity index is 744. The molecule has 1 heterocycles.